The molecule has 0 bridgehead atoms. The van der Waals surface area contributed by atoms with Crippen molar-refractivity contribution >= 4 is 12.1 Å². The fraction of sp³-hybridized carbons (Fsp3) is 0.188. The number of nitrogens with one attached hydrogen (secondary N) is 1. The minimum Gasteiger partial charge on any atom is -0.505 e. The number of aromatic hydroxyl groups is 1. The topological polar surface area (TPSA) is 94.8 Å². The van der Waals surface area contributed by atoms with Gasteiger partial charge in [0.15, 0.2) is 0 Å². The molecule has 0 saturated heterocycles. The number of aliphatic hydroxyl groups is 1. The zero-order valence-corrected chi connectivity index (χ0v) is 12.2. The van der Waals surface area contributed by atoms with Gasteiger partial charge in [-0.1, -0.05) is 30.3 Å². The lowest BCUT2D eigenvalue weighted by Crippen LogP contribution is -2.19. The number of nitrogens with zero attached hydrogens (tertiary/aromatic N) is 2. The Kier molecular flexibility index (Phi) is 5.21. The first-order valence-electron chi connectivity index (χ1n) is 6.76. The molecule has 0 saturated carbocycles. The first-order chi connectivity index (χ1) is 10.6. The standard InChI is InChI=1S/C16H17N3O3/c1-11-16(22)14(13(10-20)8-17-11)9-18-19-15(21)7-12-5-3-2-4-6-12/h2-6,8-9,20,22H,7,10H2,1H3,(H,19,21)/b18-9-. The predicted molar refractivity (Wildman–Crippen MR) is 82.4 cm³/mol. The van der Waals surface area contributed by atoms with E-state index in [-0.39, 0.29) is 24.7 Å². The van der Waals surface area contributed by atoms with Crippen LogP contribution in [0.3, 0.4) is 0 Å². The van der Waals surface area contributed by atoms with Crippen LogP contribution in [0.25, 0.3) is 0 Å². The van der Waals surface area contributed by atoms with Crippen LogP contribution in [-0.2, 0) is 17.8 Å². The molecule has 6 nitrogen and oxygen atoms in total. The first-order valence-corrected chi connectivity index (χ1v) is 6.76. The predicted octanol–water partition coefficient (Wildman–Crippen LogP) is 1.28. The largest absolute Gasteiger partial charge is 0.505 e. The number of hydrazone groups is 1. The zero-order valence-electron chi connectivity index (χ0n) is 12.2. The molecular formula is C16H17N3O3. The van der Waals surface area contributed by atoms with Crippen molar-refractivity contribution in [2.24, 2.45) is 5.10 Å². The highest BCUT2D eigenvalue weighted by Crippen LogP contribution is 2.21. The number of hydrogen-bond donors (Lipinski definition) is 3. The minimum absolute atomic E-state index is 0.0624. The van der Waals surface area contributed by atoms with Crippen molar-refractivity contribution in [3.63, 3.8) is 0 Å². The van der Waals surface area contributed by atoms with Crippen LogP contribution >= 0.6 is 0 Å². The molecule has 1 aromatic carbocycles. The van der Waals surface area contributed by atoms with Crippen LogP contribution in [0.1, 0.15) is 22.4 Å². The van der Waals surface area contributed by atoms with E-state index in [0.29, 0.717) is 16.8 Å². The molecule has 3 N–H and O–H groups in total. The highest BCUT2D eigenvalue weighted by molar-refractivity contribution is 5.87. The van der Waals surface area contributed by atoms with Crippen molar-refractivity contribution < 1.29 is 15.0 Å². The van der Waals surface area contributed by atoms with E-state index in [1.54, 1.807) is 6.92 Å². The number of rotatable bonds is 5. The molecule has 0 unspecified atom stereocenters. The van der Waals surface area contributed by atoms with E-state index in [2.05, 4.69) is 15.5 Å². The number of pyridine rings is 1. The average Bonchev–Trinajstić information content (AvgIpc) is 2.52. The summed E-state index contributed by atoms with van der Waals surface area (Å²) >= 11 is 0. The van der Waals surface area contributed by atoms with E-state index in [0.717, 1.165) is 5.56 Å². The van der Waals surface area contributed by atoms with Crippen molar-refractivity contribution in [2.45, 2.75) is 20.0 Å². The van der Waals surface area contributed by atoms with Gasteiger partial charge in [-0.05, 0) is 12.5 Å². The first kappa shape index (κ1) is 15.7. The summed E-state index contributed by atoms with van der Waals surface area (Å²) in [6.07, 6.45) is 2.98. The molecule has 114 valence electrons. The summed E-state index contributed by atoms with van der Waals surface area (Å²) in [6.45, 7) is 1.36. The Bertz CT molecular complexity index is 685. The van der Waals surface area contributed by atoms with E-state index in [9.17, 15) is 15.0 Å². The van der Waals surface area contributed by atoms with Crippen molar-refractivity contribution in [3.8, 4) is 5.75 Å². The summed E-state index contributed by atoms with van der Waals surface area (Å²) < 4.78 is 0. The third kappa shape index (κ3) is 3.89. The molecule has 6 heteroatoms. The van der Waals surface area contributed by atoms with E-state index in [4.69, 9.17) is 0 Å². The van der Waals surface area contributed by atoms with Crippen LogP contribution in [0.15, 0.2) is 41.6 Å². The minimum atomic E-state index is -0.278. The Morgan fingerprint density at radius 3 is 2.77 bits per heavy atom. The summed E-state index contributed by atoms with van der Waals surface area (Å²) in [6, 6.07) is 9.30. The maximum absolute atomic E-state index is 11.8. The second kappa shape index (κ2) is 7.33. The Labute approximate surface area is 128 Å². The number of carbonyl (C=O) groups is 1. The molecule has 0 radical (unpaired) electrons. The van der Waals surface area contributed by atoms with Gasteiger partial charge in [-0.3, -0.25) is 9.78 Å². The van der Waals surface area contributed by atoms with Gasteiger partial charge in [0.2, 0.25) is 5.91 Å². The number of carbonyl (C=O) groups excluding carboxylic acids is 1. The quantitative estimate of drug-likeness (QED) is 0.572. The van der Waals surface area contributed by atoms with Crippen LogP contribution in [-0.4, -0.2) is 27.3 Å². The Balaban J connectivity index is 2.04. The molecule has 2 rings (SSSR count). The Hall–Kier alpha value is -2.73. The van der Waals surface area contributed by atoms with E-state index >= 15 is 0 Å². The van der Waals surface area contributed by atoms with Gasteiger partial charge in [-0.25, -0.2) is 5.43 Å². The van der Waals surface area contributed by atoms with E-state index in [1.165, 1.54) is 12.4 Å². The van der Waals surface area contributed by atoms with Crippen molar-refractivity contribution in [1.82, 2.24) is 10.4 Å². The van der Waals surface area contributed by atoms with Gasteiger partial charge in [0.05, 0.1) is 24.9 Å². The molecule has 1 heterocycles. The van der Waals surface area contributed by atoms with E-state index in [1.807, 2.05) is 30.3 Å². The summed E-state index contributed by atoms with van der Waals surface area (Å²) in [5, 5.41) is 23.0. The molecule has 0 fully saturated rings. The summed E-state index contributed by atoms with van der Waals surface area (Å²) in [5.41, 5.74) is 4.48. The van der Waals surface area contributed by atoms with Crippen LogP contribution in [0.4, 0.5) is 0 Å². The third-order valence-electron chi connectivity index (χ3n) is 3.12. The number of aromatic nitrogens is 1. The van der Waals surface area contributed by atoms with Gasteiger partial charge in [-0.15, -0.1) is 0 Å². The van der Waals surface area contributed by atoms with Crippen molar-refractivity contribution in [1.29, 1.82) is 0 Å². The van der Waals surface area contributed by atoms with Crippen LogP contribution in [0.5, 0.6) is 5.75 Å². The molecular weight excluding hydrogens is 282 g/mol. The molecule has 0 aliphatic carbocycles. The lowest BCUT2D eigenvalue weighted by molar-refractivity contribution is -0.120. The maximum Gasteiger partial charge on any atom is 0.244 e. The average molecular weight is 299 g/mol. The highest BCUT2D eigenvalue weighted by atomic mass is 16.3. The molecule has 0 atom stereocenters. The zero-order chi connectivity index (χ0) is 15.9. The smallest absolute Gasteiger partial charge is 0.244 e. The van der Waals surface area contributed by atoms with Crippen molar-refractivity contribution in [2.75, 3.05) is 0 Å². The second-order valence-electron chi connectivity index (χ2n) is 4.74. The monoisotopic (exact) mass is 299 g/mol. The summed E-state index contributed by atoms with van der Waals surface area (Å²) in [5.74, 6) is -0.328. The number of amides is 1. The number of benzene rings is 1. The van der Waals surface area contributed by atoms with Gasteiger partial charge in [0.1, 0.15) is 5.75 Å². The molecule has 0 spiro atoms. The molecule has 1 amide bonds. The van der Waals surface area contributed by atoms with Crippen molar-refractivity contribution in [3.05, 3.63) is 58.9 Å². The number of aryl methyl sites for hydroxylation is 1. The molecule has 0 aliphatic heterocycles. The normalized spacial score (nSPS) is 10.8. The molecule has 1 aromatic heterocycles. The molecule has 0 aliphatic rings. The maximum atomic E-state index is 11.8. The van der Waals surface area contributed by atoms with Gasteiger partial charge in [-0.2, -0.15) is 5.10 Å². The van der Waals surface area contributed by atoms with Crippen LogP contribution in [0.2, 0.25) is 0 Å². The van der Waals surface area contributed by atoms with Gasteiger partial charge < -0.3 is 10.2 Å². The second-order valence-corrected chi connectivity index (χ2v) is 4.74. The lowest BCUT2D eigenvalue weighted by Gasteiger charge is -2.07. The van der Waals surface area contributed by atoms with Gasteiger partial charge in [0, 0.05) is 17.3 Å². The molecule has 2 aromatic rings. The highest BCUT2D eigenvalue weighted by Gasteiger charge is 2.09. The van der Waals surface area contributed by atoms with E-state index < -0.39 is 0 Å². The fourth-order valence-corrected chi connectivity index (χ4v) is 1.91. The summed E-state index contributed by atoms with van der Waals surface area (Å²) in [4.78, 5) is 15.7. The fourth-order valence-electron chi connectivity index (χ4n) is 1.91. The molecule has 22 heavy (non-hydrogen) atoms. The SMILES string of the molecule is Cc1ncc(CO)c(/C=N\NC(=O)Cc2ccccc2)c1O. The summed E-state index contributed by atoms with van der Waals surface area (Å²) in [7, 11) is 0. The van der Waals surface area contributed by atoms with Gasteiger partial charge in [0.25, 0.3) is 0 Å². The Morgan fingerprint density at radius 1 is 1.36 bits per heavy atom. The van der Waals surface area contributed by atoms with Gasteiger partial charge >= 0.3 is 0 Å². The number of hydrogen-bond acceptors (Lipinski definition) is 5. The Morgan fingerprint density at radius 2 is 2.09 bits per heavy atom. The third-order valence-corrected chi connectivity index (χ3v) is 3.12. The lowest BCUT2D eigenvalue weighted by atomic mass is 10.1. The number of aliphatic hydroxyl groups excluding tert-OH is 1. The van der Waals surface area contributed by atoms with Crippen LogP contribution < -0.4 is 5.43 Å². The van der Waals surface area contributed by atoms with Crippen LogP contribution in [0, 0.1) is 6.92 Å².